The SMILES string of the molecule is CCN1CCN(C(=O)C(O)CN)CC1. The van der Waals surface area contributed by atoms with E-state index in [4.69, 9.17) is 5.73 Å². The summed E-state index contributed by atoms with van der Waals surface area (Å²) in [6.45, 7) is 6.30. The molecular weight excluding hydrogens is 182 g/mol. The van der Waals surface area contributed by atoms with Crippen LogP contribution in [-0.2, 0) is 4.79 Å². The van der Waals surface area contributed by atoms with E-state index < -0.39 is 6.10 Å². The van der Waals surface area contributed by atoms with E-state index in [1.807, 2.05) is 0 Å². The molecule has 1 aliphatic rings. The molecule has 0 bridgehead atoms. The fourth-order valence-electron chi connectivity index (χ4n) is 1.60. The minimum absolute atomic E-state index is 0.00677. The van der Waals surface area contributed by atoms with E-state index in [9.17, 15) is 9.90 Å². The van der Waals surface area contributed by atoms with Crippen LogP contribution in [0.5, 0.6) is 0 Å². The third-order valence-electron chi connectivity index (χ3n) is 2.64. The summed E-state index contributed by atoms with van der Waals surface area (Å²) < 4.78 is 0. The summed E-state index contributed by atoms with van der Waals surface area (Å²) in [4.78, 5) is 15.5. The molecule has 1 aliphatic heterocycles. The van der Waals surface area contributed by atoms with E-state index in [0.29, 0.717) is 13.1 Å². The van der Waals surface area contributed by atoms with Gasteiger partial charge in [-0.25, -0.2) is 0 Å². The summed E-state index contributed by atoms with van der Waals surface area (Å²) in [5, 5.41) is 9.27. The molecule has 0 spiro atoms. The van der Waals surface area contributed by atoms with Crippen LogP contribution in [0.2, 0.25) is 0 Å². The van der Waals surface area contributed by atoms with Crippen LogP contribution in [0, 0.1) is 0 Å². The van der Waals surface area contributed by atoms with Gasteiger partial charge in [-0.3, -0.25) is 4.79 Å². The fraction of sp³-hybridized carbons (Fsp3) is 0.889. The van der Waals surface area contributed by atoms with Crippen LogP contribution in [-0.4, -0.2) is 66.2 Å². The quantitative estimate of drug-likeness (QED) is 0.581. The van der Waals surface area contributed by atoms with Crippen molar-refractivity contribution in [1.82, 2.24) is 9.80 Å². The maximum atomic E-state index is 11.5. The number of aliphatic hydroxyl groups excluding tert-OH is 1. The van der Waals surface area contributed by atoms with Crippen LogP contribution >= 0.6 is 0 Å². The van der Waals surface area contributed by atoms with Gasteiger partial charge >= 0.3 is 0 Å². The largest absolute Gasteiger partial charge is 0.382 e. The van der Waals surface area contributed by atoms with Gasteiger partial charge in [0.15, 0.2) is 0 Å². The maximum absolute atomic E-state index is 11.5. The average molecular weight is 201 g/mol. The van der Waals surface area contributed by atoms with Gasteiger partial charge in [-0.05, 0) is 6.54 Å². The zero-order chi connectivity index (χ0) is 10.6. The molecule has 0 saturated carbocycles. The zero-order valence-corrected chi connectivity index (χ0v) is 8.65. The number of nitrogens with two attached hydrogens (primary N) is 1. The molecule has 5 nitrogen and oxygen atoms in total. The Bertz CT molecular complexity index is 190. The van der Waals surface area contributed by atoms with Gasteiger partial charge in [-0.1, -0.05) is 6.92 Å². The lowest BCUT2D eigenvalue weighted by Gasteiger charge is -2.34. The second kappa shape index (κ2) is 5.29. The van der Waals surface area contributed by atoms with Gasteiger partial charge in [0.1, 0.15) is 6.10 Å². The number of hydrogen-bond acceptors (Lipinski definition) is 4. The van der Waals surface area contributed by atoms with Crippen molar-refractivity contribution >= 4 is 5.91 Å². The number of carbonyl (C=O) groups is 1. The summed E-state index contributed by atoms with van der Waals surface area (Å²) in [7, 11) is 0. The molecule has 14 heavy (non-hydrogen) atoms. The molecule has 0 aromatic heterocycles. The van der Waals surface area contributed by atoms with Crippen molar-refractivity contribution in [3.05, 3.63) is 0 Å². The topological polar surface area (TPSA) is 69.8 Å². The van der Waals surface area contributed by atoms with Crippen LogP contribution in [0.4, 0.5) is 0 Å². The van der Waals surface area contributed by atoms with E-state index in [1.54, 1.807) is 4.90 Å². The van der Waals surface area contributed by atoms with Crippen LogP contribution in [0.3, 0.4) is 0 Å². The lowest BCUT2D eigenvalue weighted by Crippen LogP contribution is -2.52. The molecular formula is C9H19N3O2. The molecule has 1 fully saturated rings. The van der Waals surface area contributed by atoms with E-state index >= 15 is 0 Å². The molecule has 82 valence electrons. The molecule has 0 radical (unpaired) electrons. The van der Waals surface area contributed by atoms with Crippen LogP contribution in [0.1, 0.15) is 6.92 Å². The summed E-state index contributed by atoms with van der Waals surface area (Å²) in [6, 6.07) is 0. The fourth-order valence-corrected chi connectivity index (χ4v) is 1.60. The number of likely N-dealkylation sites (N-methyl/N-ethyl adjacent to an activating group) is 1. The molecule has 0 aliphatic carbocycles. The Morgan fingerprint density at radius 2 is 2.00 bits per heavy atom. The van der Waals surface area contributed by atoms with E-state index in [2.05, 4.69) is 11.8 Å². The molecule has 1 saturated heterocycles. The first-order valence-corrected chi connectivity index (χ1v) is 5.08. The normalized spacial score (nSPS) is 20.9. The van der Waals surface area contributed by atoms with E-state index in [-0.39, 0.29) is 12.5 Å². The van der Waals surface area contributed by atoms with Gasteiger partial charge in [0, 0.05) is 32.7 Å². The summed E-state index contributed by atoms with van der Waals surface area (Å²) in [5.41, 5.74) is 5.23. The van der Waals surface area contributed by atoms with Gasteiger partial charge < -0.3 is 20.6 Å². The predicted molar refractivity (Wildman–Crippen MR) is 53.8 cm³/mol. The molecule has 0 aromatic carbocycles. The van der Waals surface area contributed by atoms with Crippen molar-refractivity contribution < 1.29 is 9.90 Å². The average Bonchev–Trinajstić information content (AvgIpc) is 2.27. The first-order chi connectivity index (χ1) is 6.69. The molecule has 1 heterocycles. The number of rotatable bonds is 3. The summed E-state index contributed by atoms with van der Waals surface area (Å²) in [5.74, 6) is -0.233. The van der Waals surface area contributed by atoms with Crippen molar-refractivity contribution in [3.63, 3.8) is 0 Å². The molecule has 1 atom stereocenters. The third kappa shape index (κ3) is 2.67. The molecule has 1 unspecified atom stereocenters. The number of aliphatic hydroxyl groups is 1. The molecule has 1 rings (SSSR count). The van der Waals surface area contributed by atoms with Gasteiger partial charge in [-0.2, -0.15) is 0 Å². The highest BCUT2D eigenvalue weighted by Crippen LogP contribution is 2.03. The number of amides is 1. The predicted octanol–water partition coefficient (Wildman–Crippen LogP) is -1.53. The number of hydrogen-bond donors (Lipinski definition) is 2. The molecule has 3 N–H and O–H groups in total. The highest BCUT2D eigenvalue weighted by Gasteiger charge is 2.24. The smallest absolute Gasteiger partial charge is 0.252 e. The van der Waals surface area contributed by atoms with E-state index in [0.717, 1.165) is 19.6 Å². The van der Waals surface area contributed by atoms with E-state index in [1.165, 1.54) is 0 Å². The monoisotopic (exact) mass is 201 g/mol. The Balaban J connectivity index is 2.37. The molecule has 0 aromatic rings. The van der Waals surface area contributed by atoms with Crippen molar-refractivity contribution in [2.75, 3.05) is 39.3 Å². The molecule has 5 heteroatoms. The lowest BCUT2D eigenvalue weighted by molar-refractivity contribution is -0.141. The summed E-state index contributed by atoms with van der Waals surface area (Å²) >= 11 is 0. The Morgan fingerprint density at radius 3 is 2.43 bits per heavy atom. The first-order valence-electron chi connectivity index (χ1n) is 5.08. The van der Waals surface area contributed by atoms with Crippen molar-refractivity contribution in [2.45, 2.75) is 13.0 Å². The minimum atomic E-state index is -1.02. The van der Waals surface area contributed by atoms with Gasteiger partial charge in [0.05, 0.1) is 0 Å². The third-order valence-corrected chi connectivity index (χ3v) is 2.64. The Hall–Kier alpha value is -0.650. The molecule has 1 amide bonds. The number of nitrogens with zero attached hydrogens (tertiary/aromatic N) is 2. The Kier molecular flexibility index (Phi) is 4.31. The zero-order valence-electron chi connectivity index (χ0n) is 8.65. The first kappa shape index (κ1) is 11.4. The van der Waals surface area contributed by atoms with Gasteiger partial charge in [-0.15, -0.1) is 0 Å². The van der Waals surface area contributed by atoms with Crippen molar-refractivity contribution in [1.29, 1.82) is 0 Å². The highest BCUT2D eigenvalue weighted by atomic mass is 16.3. The van der Waals surface area contributed by atoms with Gasteiger partial charge in [0.2, 0.25) is 0 Å². The van der Waals surface area contributed by atoms with Crippen LogP contribution < -0.4 is 5.73 Å². The van der Waals surface area contributed by atoms with Crippen LogP contribution in [0.15, 0.2) is 0 Å². The Morgan fingerprint density at radius 1 is 1.43 bits per heavy atom. The second-order valence-corrected chi connectivity index (χ2v) is 3.51. The minimum Gasteiger partial charge on any atom is -0.382 e. The number of piperazine rings is 1. The van der Waals surface area contributed by atoms with Crippen LogP contribution in [0.25, 0.3) is 0 Å². The lowest BCUT2D eigenvalue weighted by atomic mass is 10.2. The van der Waals surface area contributed by atoms with Crippen molar-refractivity contribution in [3.8, 4) is 0 Å². The maximum Gasteiger partial charge on any atom is 0.252 e. The number of carbonyl (C=O) groups excluding carboxylic acids is 1. The summed E-state index contributed by atoms with van der Waals surface area (Å²) in [6.07, 6.45) is -1.02. The van der Waals surface area contributed by atoms with Gasteiger partial charge in [0.25, 0.3) is 5.91 Å². The standard InChI is InChI=1S/C9H19N3O2/c1-2-11-3-5-12(6-4-11)9(14)8(13)7-10/h8,13H,2-7,10H2,1H3. The Labute approximate surface area is 84.5 Å². The second-order valence-electron chi connectivity index (χ2n) is 3.51. The van der Waals surface area contributed by atoms with Crippen molar-refractivity contribution in [2.24, 2.45) is 5.73 Å². The highest BCUT2D eigenvalue weighted by molar-refractivity contribution is 5.81.